The molecule has 4 rings (SSSR count). The predicted octanol–water partition coefficient (Wildman–Crippen LogP) is 4.18. The summed E-state index contributed by atoms with van der Waals surface area (Å²) in [5.74, 6) is 0.698. The Morgan fingerprint density at radius 3 is 2.74 bits per heavy atom. The van der Waals surface area contributed by atoms with Crippen molar-refractivity contribution in [1.29, 1.82) is 0 Å². The van der Waals surface area contributed by atoms with E-state index in [9.17, 15) is 9.59 Å². The highest BCUT2D eigenvalue weighted by Crippen LogP contribution is 2.18. The van der Waals surface area contributed by atoms with Crippen molar-refractivity contribution in [2.75, 3.05) is 0 Å². The van der Waals surface area contributed by atoms with Crippen LogP contribution in [-0.4, -0.2) is 26.3 Å². The third-order valence-corrected chi connectivity index (χ3v) is 5.98. The molecule has 34 heavy (non-hydrogen) atoms. The van der Waals surface area contributed by atoms with Gasteiger partial charge in [0.05, 0.1) is 21.7 Å². The molecule has 0 radical (unpaired) electrons. The number of ether oxygens (including phenoxy) is 1. The van der Waals surface area contributed by atoms with Gasteiger partial charge in [-0.15, -0.1) is 11.3 Å². The third-order valence-electron chi connectivity index (χ3n) is 5.16. The molecule has 2 aromatic carbocycles. The minimum atomic E-state index is -0.454. The Balaban J connectivity index is 1.31. The molecule has 2 N–H and O–H groups in total. The number of nitrogens with zero attached hydrogens (tertiary/aromatic N) is 3. The van der Waals surface area contributed by atoms with Gasteiger partial charge < -0.3 is 9.30 Å². The smallest absolute Gasteiger partial charge is 0.269 e. The number of carbonyl (C=O) groups is 2. The first-order valence-corrected chi connectivity index (χ1v) is 11.7. The summed E-state index contributed by atoms with van der Waals surface area (Å²) in [6.45, 7) is 7.11. The second-order valence-electron chi connectivity index (χ2n) is 7.60. The lowest BCUT2D eigenvalue weighted by atomic mass is 10.2. The Kier molecular flexibility index (Phi) is 7.03. The van der Waals surface area contributed by atoms with Crippen LogP contribution in [0.25, 0.3) is 17.1 Å². The quantitative estimate of drug-likeness (QED) is 0.309. The summed E-state index contributed by atoms with van der Waals surface area (Å²) >= 11 is 1.58. The molecule has 4 aromatic rings. The number of imidazole rings is 1. The van der Waals surface area contributed by atoms with Crippen LogP contribution in [0, 0.1) is 13.8 Å². The zero-order chi connectivity index (χ0) is 24.1. The van der Waals surface area contributed by atoms with Crippen molar-refractivity contribution in [3.05, 3.63) is 81.6 Å². The van der Waals surface area contributed by atoms with Crippen LogP contribution in [-0.2, 0) is 17.9 Å². The lowest BCUT2D eigenvalue weighted by molar-refractivity contribution is -0.117. The maximum atomic E-state index is 12.5. The van der Waals surface area contributed by atoms with E-state index >= 15 is 0 Å². The molecule has 2 heterocycles. The van der Waals surface area contributed by atoms with Gasteiger partial charge in [0.15, 0.2) is 0 Å². The lowest BCUT2D eigenvalue weighted by Gasteiger charge is -2.06. The van der Waals surface area contributed by atoms with Crippen LogP contribution in [0.15, 0.2) is 53.9 Å². The summed E-state index contributed by atoms with van der Waals surface area (Å²) in [6, 6.07) is 12.7. The molecule has 8 nitrogen and oxygen atoms in total. The number of amides is 2. The molecule has 0 aliphatic rings. The summed E-state index contributed by atoms with van der Waals surface area (Å²) in [6.07, 6.45) is 2.99. The number of thiazole rings is 1. The van der Waals surface area contributed by atoms with Crippen LogP contribution in [0.1, 0.15) is 39.4 Å². The zero-order valence-electron chi connectivity index (χ0n) is 19.2. The summed E-state index contributed by atoms with van der Waals surface area (Å²) in [5, 5.41) is 2.96. The average molecular weight is 476 g/mol. The van der Waals surface area contributed by atoms with E-state index in [4.69, 9.17) is 4.74 Å². The van der Waals surface area contributed by atoms with Gasteiger partial charge in [-0.1, -0.05) is 12.1 Å². The lowest BCUT2D eigenvalue weighted by Crippen LogP contribution is -2.40. The number of hydrogen-bond acceptors (Lipinski definition) is 6. The van der Waals surface area contributed by atoms with Crippen LogP contribution in [0.3, 0.4) is 0 Å². The maximum absolute atomic E-state index is 12.5. The number of benzene rings is 2. The van der Waals surface area contributed by atoms with Crippen molar-refractivity contribution in [2.45, 2.75) is 33.9 Å². The number of hydrazine groups is 1. The Morgan fingerprint density at radius 1 is 1.12 bits per heavy atom. The third kappa shape index (κ3) is 5.49. The molecular formula is C25H25N5O3S. The second-order valence-corrected chi connectivity index (χ2v) is 8.66. The molecular weight excluding hydrogens is 450 g/mol. The first kappa shape index (κ1) is 23.2. The summed E-state index contributed by atoms with van der Waals surface area (Å²) in [5.41, 5.74) is 8.63. The van der Waals surface area contributed by atoms with Gasteiger partial charge in [-0.2, -0.15) is 0 Å². The molecule has 0 aliphatic heterocycles. The van der Waals surface area contributed by atoms with Gasteiger partial charge in [-0.3, -0.25) is 20.4 Å². The summed E-state index contributed by atoms with van der Waals surface area (Å²) in [7, 11) is 0. The molecule has 0 bridgehead atoms. The topological polar surface area (TPSA) is 98.1 Å². The van der Waals surface area contributed by atoms with Crippen LogP contribution in [0.5, 0.6) is 5.75 Å². The fourth-order valence-electron chi connectivity index (χ4n) is 3.53. The van der Waals surface area contributed by atoms with Gasteiger partial charge in [0.25, 0.3) is 11.8 Å². The van der Waals surface area contributed by atoms with Crippen molar-refractivity contribution in [3.63, 3.8) is 0 Å². The molecule has 174 valence electrons. The molecule has 0 spiro atoms. The molecule has 9 heteroatoms. The van der Waals surface area contributed by atoms with E-state index in [0.717, 1.165) is 39.7 Å². The van der Waals surface area contributed by atoms with Gasteiger partial charge in [0, 0.05) is 23.6 Å². The van der Waals surface area contributed by atoms with E-state index in [1.807, 2.05) is 56.5 Å². The van der Waals surface area contributed by atoms with Crippen LogP contribution >= 0.6 is 11.3 Å². The number of nitrogens with one attached hydrogen (secondary N) is 2. The highest BCUT2D eigenvalue weighted by molar-refractivity contribution is 7.09. The van der Waals surface area contributed by atoms with Crippen molar-refractivity contribution in [2.24, 2.45) is 0 Å². The van der Waals surface area contributed by atoms with E-state index in [2.05, 4.69) is 25.4 Å². The Bertz CT molecular complexity index is 1370. The number of aryl methyl sites for hydroxylation is 3. The van der Waals surface area contributed by atoms with Crippen molar-refractivity contribution >= 4 is 40.3 Å². The van der Waals surface area contributed by atoms with Gasteiger partial charge in [0.2, 0.25) is 0 Å². The van der Waals surface area contributed by atoms with Gasteiger partial charge in [-0.05, 0) is 62.7 Å². The minimum absolute atomic E-state index is 0.383. The molecule has 0 saturated heterocycles. The molecule has 0 aliphatic carbocycles. The molecule has 0 atom stereocenters. The van der Waals surface area contributed by atoms with Gasteiger partial charge in [-0.25, -0.2) is 9.97 Å². The molecule has 0 saturated carbocycles. The van der Waals surface area contributed by atoms with E-state index < -0.39 is 11.8 Å². The molecule has 0 unspecified atom stereocenters. The Labute approximate surface area is 201 Å². The largest absolute Gasteiger partial charge is 0.487 e. The SMILES string of the molecule is CCn1c(C)nc2cc(C(=O)NNC(=O)/C=C/c3cccc(OCc4csc(C)n4)c3)ccc21. The monoisotopic (exact) mass is 475 g/mol. The molecule has 0 fully saturated rings. The van der Waals surface area contributed by atoms with Crippen LogP contribution in [0.4, 0.5) is 0 Å². The van der Waals surface area contributed by atoms with Crippen molar-refractivity contribution < 1.29 is 14.3 Å². The van der Waals surface area contributed by atoms with E-state index in [-0.39, 0.29) is 0 Å². The van der Waals surface area contributed by atoms with Crippen molar-refractivity contribution in [3.8, 4) is 5.75 Å². The van der Waals surface area contributed by atoms with Crippen molar-refractivity contribution in [1.82, 2.24) is 25.4 Å². The van der Waals surface area contributed by atoms with E-state index in [0.29, 0.717) is 17.9 Å². The first-order chi connectivity index (χ1) is 16.4. The van der Waals surface area contributed by atoms with Gasteiger partial charge in [0.1, 0.15) is 18.2 Å². The Hall–Kier alpha value is -3.98. The van der Waals surface area contributed by atoms with E-state index in [1.165, 1.54) is 6.08 Å². The predicted molar refractivity (Wildman–Crippen MR) is 132 cm³/mol. The molecule has 2 aromatic heterocycles. The highest BCUT2D eigenvalue weighted by atomic mass is 32.1. The fraction of sp³-hybridized carbons (Fsp3) is 0.200. The standard InChI is InChI=1S/C25H25N5O3S/c1-4-30-16(2)26-22-13-19(9-10-23(22)30)25(32)29-28-24(31)11-8-18-6-5-7-21(12-18)33-14-20-15-34-17(3)27-20/h5-13,15H,4,14H2,1-3H3,(H,28,31)(H,29,32)/b11-8+. The van der Waals surface area contributed by atoms with Crippen LogP contribution < -0.4 is 15.6 Å². The summed E-state index contributed by atoms with van der Waals surface area (Å²) in [4.78, 5) is 33.5. The minimum Gasteiger partial charge on any atom is -0.487 e. The zero-order valence-corrected chi connectivity index (χ0v) is 20.0. The van der Waals surface area contributed by atoms with Crippen LogP contribution in [0.2, 0.25) is 0 Å². The molecule has 2 amide bonds. The normalized spacial score (nSPS) is 11.1. The Morgan fingerprint density at radius 2 is 1.97 bits per heavy atom. The highest BCUT2D eigenvalue weighted by Gasteiger charge is 2.11. The number of hydrogen-bond donors (Lipinski definition) is 2. The fourth-order valence-corrected chi connectivity index (χ4v) is 4.13. The summed E-state index contributed by atoms with van der Waals surface area (Å²) < 4.78 is 7.85. The number of aromatic nitrogens is 3. The number of rotatable bonds is 7. The van der Waals surface area contributed by atoms with E-state index in [1.54, 1.807) is 29.5 Å². The first-order valence-electron chi connectivity index (χ1n) is 10.8. The number of fused-ring (bicyclic) bond motifs is 1. The van der Waals surface area contributed by atoms with Gasteiger partial charge >= 0.3 is 0 Å². The second kappa shape index (κ2) is 10.3. The average Bonchev–Trinajstić information content (AvgIpc) is 3.40. The maximum Gasteiger partial charge on any atom is 0.269 e. The number of carbonyl (C=O) groups excluding carboxylic acids is 2.